The van der Waals surface area contributed by atoms with Gasteiger partial charge in [0.05, 0.1) is 12.3 Å². The molecule has 1 aromatic heterocycles. The average molecular weight is 442 g/mol. The van der Waals surface area contributed by atoms with Crippen molar-refractivity contribution in [1.82, 2.24) is 10.4 Å². The Hall–Kier alpha value is -3.42. The molecule has 2 aromatic rings. The van der Waals surface area contributed by atoms with Gasteiger partial charge in [0.2, 0.25) is 5.91 Å². The van der Waals surface area contributed by atoms with Crippen LogP contribution in [0.5, 0.6) is 0 Å². The summed E-state index contributed by atoms with van der Waals surface area (Å²) in [5, 5.41) is 6.23. The lowest BCUT2D eigenvalue weighted by Gasteiger charge is -2.13. The van der Waals surface area contributed by atoms with Crippen LogP contribution in [0.3, 0.4) is 0 Å². The van der Waals surface area contributed by atoms with E-state index in [9.17, 15) is 14.4 Å². The summed E-state index contributed by atoms with van der Waals surface area (Å²) in [4.78, 5) is 36.1. The van der Waals surface area contributed by atoms with Crippen molar-refractivity contribution in [3.8, 4) is 0 Å². The third-order valence-electron chi connectivity index (χ3n) is 4.82. The number of carbonyl (C=O) groups excluding carboxylic acids is 3. The lowest BCUT2D eigenvalue weighted by atomic mass is 9.92. The Morgan fingerprint density at radius 2 is 1.91 bits per heavy atom. The van der Waals surface area contributed by atoms with Crippen LogP contribution in [0.4, 0.5) is 0 Å². The van der Waals surface area contributed by atoms with Crippen molar-refractivity contribution in [2.45, 2.75) is 58.5 Å². The number of ether oxygens (including phenoxy) is 1. The zero-order chi connectivity index (χ0) is 23.7. The normalized spacial score (nSPS) is 12.5. The molecule has 4 N–H and O–H groups in total. The van der Waals surface area contributed by atoms with Crippen molar-refractivity contribution < 1.29 is 23.8 Å². The SMILES string of the molecule is CCOC(=O)/C=C/[C@H](CCC(N)=O)NC(=O)c1cc(C(C)(C)C)[nH][n+]1Cc1ccccc1. The van der Waals surface area contributed by atoms with Crippen LogP contribution in [0, 0.1) is 0 Å². The largest absolute Gasteiger partial charge is 0.463 e. The standard InChI is InChI=1S/C24H32N4O4/c1-5-32-22(30)14-12-18(11-13-21(25)29)26-23(31)19-15-20(24(2,3)4)27-28(19)16-17-9-7-6-8-10-17/h6-10,12,14-15,18H,5,11,13,16H2,1-4H3,(H3,25,26,29,31)/p+1/b14-12+/t18-/m0/s1. The third-order valence-corrected chi connectivity index (χ3v) is 4.82. The van der Waals surface area contributed by atoms with Gasteiger partial charge in [0, 0.05) is 35.6 Å². The molecule has 32 heavy (non-hydrogen) atoms. The fourth-order valence-electron chi connectivity index (χ4n) is 3.06. The highest BCUT2D eigenvalue weighted by Gasteiger charge is 2.29. The number of hydrogen-bond donors (Lipinski definition) is 3. The molecular weight excluding hydrogens is 408 g/mol. The van der Waals surface area contributed by atoms with Gasteiger partial charge in [-0.2, -0.15) is 5.10 Å². The average Bonchev–Trinajstić information content (AvgIpc) is 3.15. The van der Waals surface area contributed by atoms with Crippen molar-refractivity contribution in [3.05, 3.63) is 65.5 Å². The molecule has 1 aromatic carbocycles. The molecule has 0 saturated carbocycles. The Bertz CT molecular complexity index is 958. The van der Waals surface area contributed by atoms with Crippen LogP contribution < -0.4 is 15.7 Å². The number of esters is 1. The van der Waals surface area contributed by atoms with E-state index in [4.69, 9.17) is 10.5 Å². The summed E-state index contributed by atoms with van der Waals surface area (Å²) in [5.41, 5.74) is 7.49. The molecule has 0 aliphatic rings. The van der Waals surface area contributed by atoms with Crippen molar-refractivity contribution in [2.75, 3.05) is 6.61 Å². The molecule has 0 aliphatic carbocycles. The molecule has 0 bridgehead atoms. The van der Waals surface area contributed by atoms with Crippen LogP contribution in [0.1, 0.15) is 62.3 Å². The molecule has 8 heteroatoms. The van der Waals surface area contributed by atoms with E-state index in [0.717, 1.165) is 11.3 Å². The van der Waals surface area contributed by atoms with Gasteiger partial charge in [-0.25, -0.2) is 4.79 Å². The summed E-state index contributed by atoms with van der Waals surface area (Å²) in [5.74, 6) is -1.32. The number of nitrogens with one attached hydrogen (secondary N) is 2. The minimum Gasteiger partial charge on any atom is -0.463 e. The van der Waals surface area contributed by atoms with Crippen molar-refractivity contribution >= 4 is 17.8 Å². The summed E-state index contributed by atoms with van der Waals surface area (Å²) >= 11 is 0. The third kappa shape index (κ3) is 7.68. The van der Waals surface area contributed by atoms with Crippen LogP contribution >= 0.6 is 0 Å². The van der Waals surface area contributed by atoms with E-state index in [-0.39, 0.29) is 30.8 Å². The van der Waals surface area contributed by atoms with E-state index in [1.807, 2.05) is 36.4 Å². The number of hydrogen-bond acceptors (Lipinski definition) is 4. The minimum absolute atomic E-state index is 0.0719. The molecule has 2 amide bonds. The lowest BCUT2D eigenvalue weighted by Crippen LogP contribution is -2.46. The smallest absolute Gasteiger partial charge is 0.330 e. The monoisotopic (exact) mass is 441 g/mol. The summed E-state index contributed by atoms with van der Waals surface area (Å²) in [6, 6.07) is 11.1. The second-order valence-corrected chi connectivity index (χ2v) is 8.57. The Balaban J connectivity index is 2.29. The Morgan fingerprint density at radius 1 is 1.22 bits per heavy atom. The highest BCUT2D eigenvalue weighted by molar-refractivity contribution is 5.91. The van der Waals surface area contributed by atoms with Gasteiger partial charge >= 0.3 is 11.9 Å². The first-order chi connectivity index (χ1) is 15.1. The highest BCUT2D eigenvalue weighted by atomic mass is 16.5. The van der Waals surface area contributed by atoms with Gasteiger partial charge in [-0.15, -0.1) is 4.68 Å². The van der Waals surface area contributed by atoms with Gasteiger partial charge in [-0.3, -0.25) is 9.59 Å². The van der Waals surface area contributed by atoms with Gasteiger partial charge in [-0.1, -0.05) is 57.2 Å². The molecule has 0 aliphatic heterocycles. The number of nitrogens with two attached hydrogens (primary N) is 1. The molecular formula is C24H33N4O4+. The van der Waals surface area contributed by atoms with Gasteiger partial charge in [0.1, 0.15) is 0 Å². The first-order valence-electron chi connectivity index (χ1n) is 10.7. The van der Waals surface area contributed by atoms with Gasteiger partial charge in [-0.05, 0) is 13.3 Å². The molecule has 172 valence electrons. The van der Waals surface area contributed by atoms with Gasteiger partial charge in [0.15, 0.2) is 6.54 Å². The highest BCUT2D eigenvalue weighted by Crippen LogP contribution is 2.20. The Labute approximate surface area is 188 Å². The predicted octanol–water partition coefficient (Wildman–Crippen LogP) is 2.13. The number of benzene rings is 1. The van der Waals surface area contributed by atoms with E-state index in [1.165, 1.54) is 12.2 Å². The number of nitrogens with zero attached hydrogens (tertiary/aromatic N) is 1. The molecule has 1 heterocycles. The Kier molecular flexibility index (Phi) is 8.75. The molecule has 0 spiro atoms. The maximum atomic E-state index is 13.2. The summed E-state index contributed by atoms with van der Waals surface area (Å²) in [6.07, 6.45) is 3.12. The van der Waals surface area contributed by atoms with E-state index in [1.54, 1.807) is 11.6 Å². The van der Waals surface area contributed by atoms with Crippen LogP contribution in [-0.4, -0.2) is 35.5 Å². The number of primary amides is 1. The number of H-pyrrole nitrogens is 1. The number of aromatic amines is 1. The van der Waals surface area contributed by atoms with E-state index in [0.29, 0.717) is 12.2 Å². The fourth-order valence-corrected chi connectivity index (χ4v) is 3.06. The maximum absolute atomic E-state index is 13.2. The van der Waals surface area contributed by atoms with E-state index in [2.05, 4.69) is 31.2 Å². The number of amides is 2. The van der Waals surface area contributed by atoms with Crippen molar-refractivity contribution in [3.63, 3.8) is 0 Å². The molecule has 1 atom stereocenters. The molecule has 0 saturated heterocycles. The second-order valence-electron chi connectivity index (χ2n) is 8.57. The molecule has 8 nitrogen and oxygen atoms in total. The Morgan fingerprint density at radius 3 is 2.50 bits per heavy atom. The van der Waals surface area contributed by atoms with E-state index < -0.39 is 17.9 Å². The molecule has 0 radical (unpaired) electrons. The van der Waals surface area contributed by atoms with E-state index >= 15 is 0 Å². The fraction of sp³-hybridized carbons (Fsp3) is 0.417. The maximum Gasteiger partial charge on any atom is 0.330 e. The molecule has 2 rings (SSSR count). The van der Waals surface area contributed by atoms with Gasteiger partial charge in [0.25, 0.3) is 5.69 Å². The second kappa shape index (κ2) is 11.3. The van der Waals surface area contributed by atoms with Crippen LogP contribution in [0.15, 0.2) is 48.6 Å². The van der Waals surface area contributed by atoms with Crippen LogP contribution in [-0.2, 0) is 26.3 Å². The first kappa shape index (κ1) is 24.8. The van der Waals surface area contributed by atoms with Gasteiger partial charge < -0.3 is 15.8 Å². The summed E-state index contributed by atoms with van der Waals surface area (Å²) < 4.78 is 6.69. The molecule has 0 fully saturated rings. The number of aromatic nitrogens is 2. The van der Waals surface area contributed by atoms with Crippen LogP contribution in [0.25, 0.3) is 0 Å². The quantitative estimate of drug-likeness (QED) is 0.297. The summed E-state index contributed by atoms with van der Waals surface area (Å²) in [6.45, 7) is 8.63. The predicted molar refractivity (Wildman–Crippen MR) is 121 cm³/mol. The zero-order valence-corrected chi connectivity index (χ0v) is 19.2. The van der Waals surface area contributed by atoms with Crippen molar-refractivity contribution in [2.24, 2.45) is 5.73 Å². The first-order valence-corrected chi connectivity index (χ1v) is 10.7. The number of rotatable bonds is 10. The minimum atomic E-state index is -0.558. The van der Waals surface area contributed by atoms with Crippen LogP contribution in [0.2, 0.25) is 0 Å². The summed E-state index contributed by atoms with van der Waals surface area (Å²) in [7, 11) is 0. The van der Waals surface area contributed by atoms with Crippen molar-refractivity contribution in [1.29, 1.82) is 0 Å². The zero-order valence-electron chi connectivity index (χ0n) is 19.2. The number of carbonyl (C=O) groups is 3. The lowest BCUT2D eigenvalue weighted by molar-refractivity contribution is -0.744. The topological polar surface area (TPSA) is 118 Å². The molecule has 0 unspecified atom stereocenters.